The zero-order valence-electron chi connectivity index (χ0n) is 21.0. The Balaban J connectivity index is 1.07. The van der Waals surface area contributed by atoms with Gasteiger partial charge in [-0.3, -0.25) is 14.8 Å². The van der Waals surface area contributed by atoms with Gasteiger partial charge >= 0.3 is 12.3 Å². The van der Waals surface area contributed by atoms with Gasteiger partial charge in [0.25, 0.3) is 5.91 Å². The molecule has 0 bridgehead atoms. The molecule has 2 aliphatic heterocycles. The predicted octanol–water partition coefficient (Wildman–Crippen LogP) is 3.84. The first kappa shape index (κ1) is 26.0. The van der Waals surface area contributed by atoms with Crippen molar-refractivity contribution >= 4 is 23.0 Å². The number of H-pyrrole nitrogens is 1. The van der Waals surface area contributed by atoms with Gasteiger partial charge < -0.3 is 14.5 Å². The van der Waals surface area contributed by atoms with Gasteiger partial charge in [-0.05, 0) is 55.2 Å². The minimum atomic E-state index is -4.45. The molecule has 1 aromatic heterocycles. The molecule has 202 valence electrons. The van der Waals surface area contributed by atoms with Crippen LogP contribution in [0.5, 0.6) is 0 Å². The van der Waals surface area contributed by atoms with E-state index in [4.69, 9.17) is 4.74 Å². The number of fused-ring (bicyclic) bond motifs is 1. The fraction of sp³-hybridized carbons (Fsp3) is 0.462. The van der Waals surface area contributed by atoms with Crippen molar-refractivity contribution < 1.29 is 27.5 Å². The molecule has 3 heterocycles. The quantitative estimate of drug-likeness (QED) is 0.551. The maximum atomic E-state index is 13.1. The van der Waals surface area contributed by atoms with Crippen molar-refractivity contribution in [2.45, 2.75) is 38.6 Å². The van der Waals surface area contributed by atoms with Gasteiger partial charge in [0.2, 0.25) is 0 Å². The number of rotatable bonds is 4. The number of carbonyl (C=O) groups is 2. The molecule has 9 nitrogen and oxygen atoms in total. The van der Waals surface area contributed by atoms with Crippen LogP contribution < -0.4 is 0 Å². The lowest BCUT2D eigenvalue weighted by Gasteiger charge is -2.42. The minimum Gasteiger partial charge on any atom is -0.445 e. The average Bonchev–Trinajstić information content (AvgIpc) is 3.40. The standard InChI is InChI=1S/C26H29F3N6O3/c1-17-2-3-18(14-21(17)26(27,28)29)16-38-25(37)35-12-10-33(11-13-35)20-6-8-34(9-7-20)24(36)19-4-5-22-23(15-19)31-32-30-22/h2-5,14-15,20H,6-13,16H2,1H3,(H,30,31,32). The number of carbonyl (C=O) groups excluding carboxylic acids is 2. The number of amides is 2. The van der Waals surface area contributed by atoms with Crippen LogP contribution in [0.1, 0.15) is 39.9 Å². The van der Waals surface area contributed by atoms with E-state index in [1.807, 2.05) is 4.90 Å². The molecule has 0 atom stereocenters. The van der Waals surface area contributed by atoms with Crippen molar-refractivity contribution in [1.82, 2.24) is 30.1 Å². The van der Waals surface area contributed by atoms with Crippen LogP contribution in [0.4, 0.5) is 18.0 Å². The average molecular weight is 531 g/mol. The van der Waals surface area contributed by atoms with Crippen molar-refractivity contribution in [3.63, 3.8) is 0 Å². The molecule has 0 spiro atoms. The highest BCUT2D eigenvalue weighted by Crippen LogP contribution is 2.32. The molecule has 12 heteroatoms. The first-order valence-corrected chi connectivity index (χ1v) is 12.6. The van der Waals surface area contributed by atoms with Gasteiger partial charge in [0.1, 0.15) is 12.1 Å². The van der Waals surface area contributed by atoms with Crippen LogP contribution in [-0.2, 0) is 17.5 Å². The van der Waals surface area contributed by atoms with Crippen LogP contribution in [-0.4, -0.2) is 87.4 Å². The zero-order chi connectivity index (χ0) is 26.9. The fourth-order valence-corrected chi connectivity index (χ4v) is 5.16. The molecule has 3 aromatic rings. The number of likely N-dealkylation sites (tertiary alicyclic amines) is 1. The summed E-state index contributed by atoms with van der Waals surface area (Å²) in [7, 11) is 0. The molecule has 38 heavy (non-hydrogen) atoms. The summed E-state index contributed by atoms with van der Waals surface area (Å²) >= 11 is 0. The Hall–Kier alpha value is -3.67. The van der Waals surface area contributed by atoms with Crippen LogP contribution in [0, 0.1) is 6.92 Å². The summed E-state index contributed by atoms with van der Waals surface area (Å²) in [5, 5.41) is 10.5. The molecular weight excluding hydrogens is 501 g/mol. The number of hydrogen-bond acceptors (Lipinski definition) is 6. The largest absolute Gasteiger partial charge is 0.445 e. The monoisotopic (exact) mass is 530 g/mol. The van der Waals surface area contributed by atoms with E-state index in [1.165, 1.54) is 13.0 Å². The highest BCUT2D eigenvalue weighted by Gasteiger charge is 2.33. The number of piperazine rings is 1. The number of hydrogen-bond donors (Lipinski definition) is 1. The van der Waals surface area contributed by atoms with Gasteiger partial charge in [-0.25, -0.2) is 4.79 Å². The van der Waals surface area contributed by atoms with Crippen molar-refractivity contribution in [3.05, 3.63) is 58.7 Å². The van der Waals surface area contributed by atoms with E-state index >= 15 is 0 Å². The summed E-state index contributed by atoms with van der Waals surface area (Å²) in [6, 6.07) is 9.62. The lowest BCUT2D eigenvalue weighted by Crippen LogP contribution is -2.54. The maximum Gasteiger partial charge on any atom is 0.416 e. The second-order valence-corrected chi connectivity index (χ2v) is 9.79. The maximum absolute atomic E-state index is 13.1. The fourth-order valence-electron chi connectivity index (χ4n) is 5.16. The van der Waals surface area contributed by atoms with Gasteiger partial charge in [-0.2, -0.15) is 13.2 Å². The smallest absolute Gasteiger partial charge is 0.416 e. The number of piperidine rings is 1. The second kappa shape index (κ2) is 10.6. The van der Waals surface area contributed by atoms with Gasteiger partial charge in [0.15, 0.2) is 0 Å². The molecular formula is C26H29F3N6O3. The summed E-state index contributed by atoms with van der Waals surface area (Å²) in [6.45, 7) is 4.82. The summed E-state index contributed by atoms with van der Waals surface area (Å²) in [6.07, 6.45) is -3.28. The van der Waals surface area contributed by atoms with Crippen LogP contribution >= 0.6 is 0 Å². The molecule has 0 aliphatic carbocycles. The molecule has 0 saturated carbocycles. The van der Waals surface area contributed by atoms with Crippen molar-refractivity contribution in [2.75, 3.05) is 39.3 Å². The number of aromatic nitrogens is 3. The molecule has 5 rings (SSSR count). The van der Waals surface area contributed by atoms with E-state index in [2.05, 4.69) is 20.3 Å². The lowest BCUT2D eigenvalue weighted by molar-refractivity contribution is -0.138. The van der Waals surface area contributed by atoms with Gasteiger partial charge in [0, 0.05) is 50.9 Å². The van der Waals surface area contributed by atoms with Gasteiger partial charge in [-0.15, -0.1) is 5.10 Å². The first-order valence-electron chi connectivity index (χ1n) is 12.6. The second-order valence-electron chi connectivity index (χ2n) is 9.79. The third-order valence-corrected chi connectivity index (χ3v) is 7.38. The number of aryl methyl sites for hydroxylation is 1. The van der Waals surface area contributed by atoms with Crippen LogP contribution in [0.2, 0.25) is 0 Å². The van der Waals surface area contributed by atoms with Crippen LogP contribution in [0.3, 0.4) is 0 Å². The third-order valence-electron chi connectivity index (χ3n) is 7.38. The van der Waals surface area contributed by atoms with E-state index < -0.39 is 17.8 Å². The summed E-state index contributed by atoms with van der Waals surface area (Å²) in [4.78, 5) is 31.3. The van der Waals surface area contributed by atoms with Gasteiger partial charge in [0.05, 0.1) is 11.1 Å². The molecule has 2 saturated heterocycles. The normalized spacial score (nSPS) is 17.7. The van der Waals surface area contributed by atoms with E-state index in [1.54, 1.807) is 29.2 Å². The van der Waals surface area contributed by atoms with Crippen LogP contribution in [0.15, 0.2) is 36.4 Å². The van der Waals surface area contributed by atoms with E-state index in [-0.39, 0.29) is 18.1 Å². The van der Waals surface area contributed by atoms with Gasteiger partial charge in [-0.1, -0.05) is 17.3 Å². The topological polar surface area (TPSA) is 94.7 Å². The minimum absolute atomic E-state index is 0.0168. The Morgan fingerprint density at radius 2 is 1.74 bits per heavy atom. The third kappa shape index (κ3) is 5.59. The predicted molar refractivity (Wildman–Crippen MR) is 132 cm³/mol. The number of ether oxygens (including phenoxy) is 1. The number of nitrogens with zero attached hydrogens (tertiary/aromatic N) is 5. The summed E-state index contributed by atoms with van der Waals surface area (Å²) < 4.78 is 44.7. The first-order chi connectivity index (χ1) is 18.2. The Morgan fingerprint density at radius 1 is 1.00 bits per heavy atom. The van der Waals surface area contributed by atoms with E-state index in [0.29, 0.717) is 62.0 Å². The van der Waals surface area contributed by atoms with E-state index in [0.717, 1.165) is 24.4 Å². The number of alkyl halides is 3. The molecule has 2 aliphatic rings. The van der Waals surface area contributed by atoms with Crippen LogP contribution in [0.25, 0.3) is 11.0 Å². The van der Waals surface area contributed by atoms with Crippen molar-refractivity contribution in [2.24, 2.45) is 0 Å². The van der Waals surface area contributed by atoms with Crippen molar-refractivity contribution in [3.8, 4) is 0 Å². The molecule has 2 fully saturated rings. The molecule has 0 radical (unpaired) electrons. The summed E-state index contributed by atoms with van der Waals surface area (Å²) in [5.41, 5.74) is 1.76. The Bertz CT molecular complexity index is 1310. The summed E-state index contributed by atoms with van der Waals surface area (Å²) in [5.74, 6) is -0.0168. The molecule has 0 unspecified atom stereocenters. The Kier molecular flexibility index (Phi) is 7.24. The highest BCUT2D eigenvalue weighted by molar-refractivity contribution is 5.97. The number of benzene rings is 2. The van der Waals surface area contributed by atoms with Crippen molar-refractivity contribution in [1.29, 1.82) is 0 Å². The number of nitrogens with one attached hydrogen (secondary N) is 1. The molecule has 2 amide bonds. The Labute approximate surface area is 217 Å². The number of aromatic amines is 1. The lowest BCUT2D eigenvalue weighted by atomic mass is 10.0. The SMILES string of the molecule is Cc1ccc(COC(=O)N2CCN(C3CCN(C(=O)c4ccc5[nH]nnc5c4)CC3)CC2)cc1C(F)(F)F. The number of halogens is 3. The molecule has 2 aromatic carbocycles. The Morgan fingerprint density at radius 3 is 2.45 bits per heavy atom. The zero-order valence-corrected chi connectivity index (χ0v) is 21.0. The molecule has 1 N–H and O–H groups in total. The van der Waals surface area contributed by atoms with E-state index in [9.17, 15) is 22.8 Å². The highest BCUT2D eigenvalue weighted by atomic mass is 19.4.